The van der Waals surface area contributed by atoms with Crippen LogP contribution in [-0.4, -0.2) is 22.5 Å². The predicted octanol–water partition coefficient (Wildman–Crippen LogP) is 5.02. The number of carbonyl (C=O) groups is 1. The third kappa shape index (κ3) is 4.89. The first-order valence-electron chi connectivity index (χ1n) is 9.74. The van der Waals surface area contributed by atoms with Crippen LogP contribution >= 0.6 is 0 Å². The van der Waals surface area contributed by atoms with Crippen molar-refractivity contribution >= 4 is 11.6 Å². The lowest BCUT2D eigenvalue weighted by Gasteiger charge is -2.12. The van der Waals surface area contributed by atoms with Crippen molar-refractivity contribution in [1.29, 1.82) is 0 Å². The molecule has 148 valence electrons. The number of aromatic nitrogens is 2. The van der Waals surface area contributed by atoms with Crippen LogP contribution < -0.4 is 10.1 Å². The van der Waals surface area contributed by atoms with Crippen LogP contribution in [-0.2, 0) is 6.42 Å². The number of amides is 1. The van der Waals surface area contributed by atoms with E-state index in [9.17, 15) is 4.79 Å². The van der Waals surface area contributed by atoms with Crippen LogP contribution in [0.3, 0.4) is 0 Å². The minimum absolute atomic E-state index is 0.284. The Morgan fingerprint density at radius 1 is 0.800 bits per heavy atom. The van der Waals surface area contributed by atoms with Crippen molar-refractivity contribution in [1.82, 2.24) is 9.97 Å². The van der Waals surface area contributed by atoms with Gasteiger partial charge in [0.05, 0.1) is 17.9 Å². The first-order chi connectivity index (χ1) is 14.8. The SMILES string of the molecule is O=C(Nc1ccccc1OCCc1ccccc1)c1cnc(-c2ccccc2)nc1. The second-order valence-corrected chi connectivity index (χ2v) is 6.70. The van der Waals surface area contributed by atoms with Crippen molar-refractivity contribution in [3.63, 3.8) is 0 Å². The first-order valence-corrected chi connectivity index (χ1v) is 9.74. The Balaban J connectivity index is 1.41. The van der Waals surface area contributed by atoms with E-state index in [0.29, 0.717) is 29.4 Å². The lowest BCUT2D eigenvalue weighted by atomic mass is 10.2. The number of hydrogen-bond acceptors (Lipinski definition) is 4. The number of ether oxygens (including phenoxy) is 1. The van der Waals surface area contributed by atoms with Gasteiger partial charge in [0.2, 0.25) is 0 Å². The normalized spacial score (nSPS) is 10.4. The Morgan fingerprint density at radius 3 is 2.17 bits per heavy atom. The number of nitrogens with one attached hydrogen (secondary N) is 1. The highest BCUT2D eigenvalue weighted by Gasteiger charge is 2.11. The van der Waals surface area contributed by atoms with Gasteiger partial charge in [0.1, 0.15) is 5.75 Å². The Bertz CT molecular complexity index is 1100. The summed E-state index contributed by atoms with van der Waals surface area (Å²) in [6.07, 6.45) is 3.85. The quantitative estimate of drug-likeness (QED) is 0.477. The summed E-state index contributed by atoms with van der Waals surface area (Å²) in [5.74, 6) is 0.925. The Morgan fingerprint density at radius 2 is 1.43 bits per heavy atom. The van der Waals surface area contributed by atoms with Crippen LogP contribution in [0.15, 0.2) is 97.3 Å². The van der Waals surface area contributed by atoms with E-state index in [2.05, 4.69) is 27.4 Å². The van der Waals surface area contributed by atoms with E-state index < -0.39 is 0 Å². The van der Waals surface area contributed by atoms with E-state index in [1.165, 1.54) is 18.0 Å². The molecule has 0 bridgehead atoms. The molecule has 0 aliphatic heterocycles. The first kappa shape index (κ1) is 19.3. The van der Waals surface area contributed by atoms with Crippen molar-refractivity contribution in [3.05, 3.63) is 108 Å². The van der Waals surface area contributed by atoms with Crippen molar-refractivity contribution < 1.29 is 9.53 Å². The fourth-order valence-corrected chi connectivity index (χ4v) is 3.00. The molecule has 0 aliphatic carbocycles. The highest BCUT2D eigenvalue weighted by atomic mass is 16.5. The minimum atomic E-state index is -0.284. The molecule has 1 N–H and O–H groups in total. The average Bonchev–Trinajstić information content (AvgIpc) is 2.81. The Labute approximate surface area is 175 Å². The second kappa shape index (κ2) is 9.47. The van der Waals surface area contributed by atoms with E-state index in [0.717, 1.165) is 12.0 Å². The summed E-state index contributed by atoms with van der Waals surface area (Å²) in [6, 6.07) is 27.2. The molecule has 5 nitrogen and oxygen atoms in total. The molecule has 0 saturated heterocycles. The van der Waals surface area contributed by atoms with Gasteiger partial charge in [-0.2, -0.15) is 0 Å². The summed E-state index contributed by atoms with van der Waals surface area (Å²) in [6.45, 7) is 0.520. The lowest BCUT2D eigenvalue weighted by Crippen LogP contribution is -2.14. The summed E-state index contributed by atoms with van der Waals surface area (Å²) in [5.41, 5.74) is 3.10. The van der Waals surface area contributed by atoms with Gasteiger partial charge in [-0.3, -0.25) is 4.79 Å². The zero-order chi connectivity index (χ0) is 20.6. The van der Waals surface area contributed by atoms with E-state index in [1.807, 2.05) is 72.8 Å². The maximum absolute atomic E-state index is 12.7. The van der Waals surface area contributed by atoms with E-state index in [-0.39, 0.29) is 5.91 Å². The molecule has 1 aromatic heterocycles. The Hall–Kier alpha value is -3.99. The summed E-state index contributed by atoms with van der Waals surface area (Å²) >= 11 is 0. The monoisotopic (exact) mass is 395 g/mol. The molecule has 4 rings (SSSR count). The van der Waals surface area contributed by atoms with Gasteiger partial charge in [0.15, 0.2) is 5.82 Å². The molecular weight excluding hydrogens is 374 g/mol. The number of anilines is 1. The summed E-state index contributed by atoms with van der Waals surface area (Å²) in [4.78, 5) is 21.3. The predicted molar refractivity (Wildman–Crippen MR) is 118 cm³/mol. The molecular formula is C25H21N3O2. The zero-order valence-corrected chi connectivity index (χ0v) is 16.4. The minimum Gasteiger partial charge on any atom is -0.491 e. The van der Waals surface area contributed by atoms with Crippen LogP contribution in [0.25, 0.3) is 11.4 Å². The molecule has 3 aromatic carbocycles. The maximum Gasteiger partial charge on any atom is 0.258 e. The molecule has 1 heterocycles. The topological polar surface area (TPSA) is 64.1 Å². The third-order valence-corrected chi connectivity index (χ3v) is 4.57. The van der Waals surface area contributed by atoms with E-state index >= 15 is 0 Å². The van der Waals surface area contributed by atoms with Gasteiger partial charge in [-0.05, 0) is 17.7 Å². The van der Waals surface area contributed by atoms with Crippen molar-refractivity contribution in [2.24, 2.45) is 0 Å². The Kier molecular flexibility index (Phi) is 6.11. The molecule has 0 radical (unpaired) electrons. The fraction of sp³-hybridized carbons (Fsp3) is 0.0800. The maximum atomic E-state index is 12.7. The summed E-state index contributed by atoms with van der Waals surface area (Å²) in [5, 5.41) is 2.89. The van der Waals surface area contributed by atoms with Crippen molar-refractivity contribution in [3.8, 4) is 17.1 Å². The highest BCUT2D eigenvalue weighted by molar-refractivity contribution is 6.04. The molecule has 0 spiro atoms. The molecule has 0 unspecified atom stereocenters. The van der Waals surface area contributed by atoms with Crippen LogP contribution in [0.4, 0.5) is 5.69 Å². The largest absolute Gasteiger partial charge is 0.491 e. The van der Waals surface area contributed by atoms with Gasteiger partial charge < -0.3 is 10.1 Å². The van der Waals surface area contributed by atoms with Crippen LogP contribution in [0.5, 0.6) is 5.75 Å². The molecule has 4 aromatic rings. The van der Waals surface area contributed by atoms with E-state index in [4.69, 9.17) is 4.74 Å². The number of nitrogens with zero attached hydrogens (tertiary/aromatic N) is 2. The van der Waals surface area contributed by atoms with Crippen molar-refractivity contribution in [2.75, 3.05) is 11.9 Å². The van der Waals surface area contributed by atoms with Gasteiger partial charge >= 0.3 is 0 Å². The third-order valence-electron chi connectivity index (χ3n) is 4.57. The standard InChI is InChI=1S/C25H21N3O2/c29-25(21-17-26-24(27-18-21)20-11-5-2-6-12-20)28-22-13-7-8-14-23(22)30-16-15-19-9-3-1-4-10-19/h1-14,17-18H,15-16H2,(H,28,29). The molecule has 0 saturated carbocycles. The number of hydrogen-bond donors (Lipinski definition) is 1. The average molecular weight is 395 g/mol. The van der Waals surface area contributed by atoms with Crippen molar-refractivity contribution in [2.45, 2.75) is 6.42 Å². The van der Waals surface area contributed by atoms with Gasteiger partial charge in [-0.15, -0.1) is 0 Å². The molecule has 0 fully saturated rings. The fourth-order valence-electron chi connectivity index (χ4n) is 3.00. The molecule has 0 atom stereocenters. The molecule has 0 aliphatic rings. The number of para-hydroxylation sites is 2. The molecule has 1 amide bonds. The number of carbonyl (C=O) groups excluding carboxylic acids is 1. The van der Waals surface area contributed by atoms with Gasteiger partial charge in [-0.1, -0.05) is 72.8 Å². The summed E-state index contributed by atoms with van der Waals surface area (Å²) in [7, 11) is 0. The smallest absolute Gasteiger partial charge is 0.258 e. The van der Waals surface area contributed by atoms with Crippen LogP contribution in [0.2, 0.25) is 0 Å². The summed E-state index contributed by atoms with van der Waals surface area (Å²) < 4.78 is 5.91. The number of rotatable bonds is 7. The van der Waals surface area contributed by atoms with E-state index in [1.54, 1.807) is 0 Å². The zero-order valence-electron chi connectivity index (χ0n) is 16.4. The van der Waals surface area contributed by atoms with Gasteiger partial charge in [0.25, 0.3) is 5.91 Å². The highest BCUT2D eigenvalue weighted by Crippen LogP contribution is 2.24. The molecule has 30 heavy (non-hydrogen) atoms. The number of benzene rings is 3. The van der Waals surface area contributed by atoms with Crippen LogP contribution in [0.1, 0.15) is 15.9 Å². The lowest BCUT2D eigenvalue weighted by molar-refractivity contribution is 0.102. The van der Waals surface area contributed by atoms with Gasteiger partial charge in [0, 0.05) is 24.4 Å². The van der Waals surface area contributed by atoms with Crippen LogP contribution in [0, 0.1) is 0 Å². The molecule has 5 heteroatoms. The van der Waals surface area contributed by atoms with Gasteiger partial charge in [-0.25, -0.2) is 9.97 Å². The second-order valence-electron chi connectivity index (χ2n) is 6.70.